The number of hydrogen-bond acceptors (Lipinski definition) is 4. The van der Waals surface area contributed by atoms with E-state index in [4.69, 9.17) is 4.74 Å². The number of benzene rings is 1. The number of fused-ring (bicyclic) bond motifs is 1. The third-order valence-electron chi connectivity index (χ3n) is 4.44. The van der Waals surface area contributed by atoms with Crippen LogP contribution >= 0.6 is 0 Å². The molecule has 1 unspecified atom stereocenters. The van der Waals surface area contributed by atoms with Gasteiger partial charge in [0.15, 0.2) is 11.4 Å². The molecule has 3 rings (SSSR count). The Hall–Kier alpha value is -3.02. The van der Waals surface area contributed by atoms with E-state index in [0.717, 1.165) is 5.56 Å². The van der Waals surface area contributed by atoms with Crippen LogP contribution in [0.4, 0.5) is 0 Å². The number of amides is 1. The maximum atomic E-state index is 13.1. The zero-order chi connectivity index (χ0) is 18.7. The molecule has 1 N–H and O–H groups in total. The number of ether oxygens (including phenoxy) is 1. The second-order valence-electron chi connectivity index (χ2n) is 6.56. The summed E-state index contributed by atoms with van der Waals surface area (Å²) in [4.78, 5) is 27.2. The van der Waals surface area contributed by atoms with Gasteiger partial charge in [-0.25, -0.2) is 0 Å². The highest BCUT2D eigenvalue weighted by atomic mass is 16.5. The maximum Gasteiger partial charge on any atom is 0.278 e. The van der Waals surface area contributed by atoms with Crippen LogP contribution in [0, 0.1) is 5.92 Å². The Morgan fingerprint density at radius 2 is 1.96 bits per heavy atom. The second-order valence-corrected chi connectivity index (χ2v) is 6.56. The van der Waals surface area contributed by atoms with E-state index in [1.54, 1.807) is 21.8 Å². The van der Waals surface area contributed by atoms with Crippen molar-refractivity contribution in [2.45, 2.75) is 26.5 Å². The number of carbonyl (C=O) groups is 1. The molecule has 6 heteroatoms. The smallest absolute Gasteiger partial charge is 0.278 e. The first kappa shape index (κ1) is 17.8. The predicted molar refractivity (Wildman–Crippen MR) is 101 cm³/mol. The van der Waals surface area contributed by atoms with Gasteiger partial charge in [-0.3, -0.25) is 14.3 Å². The van der Waals surface area contributed by atoms with Crippen molar-refractivity contribution < 1.29 is 9.53 Å². The lowest BCUT2D eigenvalue weighted by Gasteiger charge is -2.37. The number of carbonyl (C=O) groups excluding carboxylic acids is 1. The van der Waals surface area contributed by atoms with E-state index in [0.29, 0.717) is 6.67 Å². The molecule has 1 aliphatic rings. The van der Waals surface area contributed by atoms with Gasteiger partial charge in [0.05, 0.1) is 6.04 Å². The van der Waals surface area contributed by atoms with Crippen LogP contribution in [-0.2, 0) is 6.61 Å². The van der Waals surface area contributed by atoms with E-state index < -0.39 is 0 Å². The molecule has 1 aromatic carbocycles. The highest BCUT2D eigenvalue weighted by Crippen LogP contribution is 2.23. The molecule has 2 heterocycles. The van der Waals surface area contributed by atoms with Crippen molar-refractivity contribution in [1.82, 2.24) is 9.58 Å². The van der Waals surface area contributed by atoms with Gasteiger partial charge < -0.3 is 15.1 Å². The van der Waals surface area contributed by atoms with Gasteiger partial charge in [0.1, 0.15) is 13.3 Å². The molecule has 6 nitrogen and oxygen atoms in total. The molecule has 1 atom stereocenters. The number of hydrogen-bond donors (Lipinski definition) is 1. The summed E-state index contributed by atoms with van der Waals surface area (Å²) in [5, 5.41) is 0. The molecule has 0 radical (unpaired) electrons. The van der Waals surface area contributed by atoms with Crippen LogP contribution in [0.5, 0.6) is 5.75 Å². The Morgan fingerprint density at radius 3 is 2.62 bits per heavy atom. The SMILES string of the molecule is C=CC(C(C)C)N1CNn2ccc(=O)c(OCc3ccccc3)c2C1=O. The summed E-state index contributed by atoms with van der Waals surface area (Å²) in [7, 11) is 0. The summed E-state index contributed by atoms with van der Waals surface area (Å²) in [6, 6.07) is 10.8. The summed E-state index contributed by atoms with van der Waals surface area (Å²) in [6.07, 6.45) is 3.31. The Bertz CT molecular complexity index is 858. The topological polar surface area (TPSA) is 63.6 Å². The molecule has 136 valence electrons. The van der Waals surface area contributed by atoms with E-state index in [9.17, 15) is 9.59 Å². The van der Waals surface area contributed by atoms with Crippen molar-refractivity contribution in [3.8, 4) is 5.75 Å². The standard InChI is InChI=1S/C20H23N3O3/c1-4-16(14(2)3)22-13-21-23-11-10-17(24)19(18(23)20(22)25)26-12-15-8-6-5-7-9-15/h4-11,14,16,21H,1,12-13H2,2-3H3. The number of aromatic nitrogens is 1. The van der Waals surface area contributed by atoms with Gasteiger partial charge in [0.2, 0.25) is 5.43 Å². The van der Waals surface area contributed by atoms with E-state index in [2.05, 4.69) is 12.0 Å². The average Bonchev–Trinajstić information content (AvgIpc) is 2.64. The van der Waals surface area contributed by atoms with E-state index >= 15 is 0 Å². The van der Waals surface area contributed by atoms with Crippen molar-refractivity contribution in [2.24, 2.45) is 5.92 Å². The zero-order valence-corrected chi connectivity index (χ0v) is 15.0. The Morgan fingerprint density at radius 1 is 1.23 bits per heavy atom. The van der Waals surface area contributed by atoms with Crippen molar-refractivity contribution in [1.29, 1.82) is 0 Å². The lowest BCUT2D eigenvalue weighted by molar-refractivity contribution is 0.0638. The van der Waals surface area contributed by atoms with Gasteiger partial charge in [0.25, 0.3) is 5.91 Å². The minimum Gasteiger partial charge on any atom is -0.482 e. The first-order chi connectivity index (χ1) is 12.5. The molecule has 0 bridgehead atoms. The molecule has 2 aromatic rings. The van der Waals surface area contributed by atoms with Gasteiger partial charge in [-0.1, -0.05) is 50.3 Å². The van der Waals surface area contributed by atoms with Crippen molar-refractivity contribution >= 4 is 5.91 Å². The summed E-state index contributed by atoms with van der Waals surface area (Å²) in [5.41, 5.74) is 3.96. The molecular weight excluding hydrogens is 330 g/mol. The first-order valence-electron chi connectivity index (χ1n) is 8.62. The summed E-state index contributed by atoms with van der Waals surface area (Å²) in [6.45, 7) is 8.45. The van der Waals surface area contributed by atoms with Crippen LogP contribution in [-0.4, -0.2) is 28.2 Å². The van der Waals surface area contributed by atoms with Gasteiger partial charge in [-0.05, 0) is 11.5 Å². The molecule has 1 aromatic heterocycles. The van der Waals surface area contributed by atoms with Gasteiger partial charge in [-0.2, -0.15) is 0 Å². The maximum absolute atomic E-state index is 13.1. The monoisotopic (exact) mass is 353 g/mol. The van der Waals surface area contributed by atoms with Crippen LogP contribution in [0.15, 0.2) is 60.0 Å². The van der Waals surface area contributed by atoms with E-state index in [1.165, 1.54) is 6.07 Å². The van der Waals surface area contributed by atoms with Gasteiger partial charge in [-0.15, -0.1) is 6.58 Å². The highest BCUT2D eigenvalue weighted by molar-refractivity contribution is 5.96. The molecular formula is C20H23N3O3. The normalized spacial score (nSPS) is 14.6. The minimum absolute atomic E-state index is 0.0603. The number of nitrogens with one attached hydrogen (secondary N) is 1. The zero-order valence-electron chi connectivity index (χ0n) is 15.0. The minimum atomic E-state index is -0.316. The molecule has 0 saturated carbocycles. The van der Waals surface area contributed by atoms with E-state index in [-0.39, 0.29) is 41.3 Å². The quantitative estimate of drug-likeness (QED) is 0.811. The summed E-state index contributed by atoms with van der Waals surface area (Å²) in [5.74, 6) is 0.0159. The highest BCUT2D eigenvalue weighted by Gasteiger charge is 2.33. The molecule has 0 saturated heterocycles. The van der Waals surface area contributed by atoms with Gasteiger partial charge >= 0.3 is 0 Å². The van der Waals surface area contributed by atoms with Crippen molar-refractivity contribution in [3.05, 3.63) is 76.7 Å². The van der Waals surface area contributed by atoms with Crippen LogP contribution in [0.3, 0.4) is 0 Å². The predicted octanol–water partition coefficient (Wildman–Crippen LogP) is 2.59. The fourth-order valence-electron chi connectivity index (χ4n) is 3.08. The number of rotatable bonds is 6. The van der Waals surface area contributed by atoms with Crippen LogP contribution < -0.4 is 15.6 Å². The Balaban J connectivity index is 1.95. The number of pyridine rings is 1. The second kappa shape index (κ2) is 7.47. The third kappa shape index (κ3) is 3.35. The summed E-state index contributed by atoms with van der Waals surface area (Å²) < 4.78 is 7.32. The van der Waals surface area contributed by atoms with Crippen LogP contribution in [0.25, 0.3) is 0 Å². The Labute approximate surface area is 152 Å². The summed E-state index contributed by atoms with van der Waals surface area (Å²) >= 11 is 0. The van der Waals surface area contributed by atoms with Crippen LogP contribution in [0.1, 0.15) is 29.9 Å². The van der Waals surface area contributed by atoms with Crippen molar-refractivity contribution in [3.63, 3.8) is 0 Å². The molecule has 0 fully saturated rings. The molecule has 0 spiro atoms. The largest absolute Gasteiger partial charge is 0.482 e. The third-order valence-corrected chi connectivity index (χ3v) is 4.44. The van der Waals surface area contributed by atoms with Gasteiger partial charge in [0, 0.05) is 12.3 Å². The molecule has 1 amide bonds. The average molecular weight is 353 g/mol. The first-order valence-corrected chi connectivity index (χ1v) is 8.62. The van der Waals surface area contributed by atoms with E-state index in [1.807, 2.05) is 44.2 Å². The lowest BCUT2D eigenvalue weighted by Crippen LogP contribution is -2.52. The molecule has 26 heavy (non-hydrogen) atoms. The fourth-order valence-corrected chi connectivity index (χ4v) is 3.08. The lowest BCUT2D eigenvalue weighted by atomic mass is 10.0. The Kier molecular flexibility index (Phi) is 5.11. The molecule has 1 aliphatic heterocycles. The van der Waals surface area contributed by atoms with Crippen LogP contribution in [0.2, 0.25) is 0 Å². The molecule has 0 aliphatic carbocycles. The number of nitrogens with zero attached hydrogens (tertiary/aromatic N) is 2. The fraction of sp³-hybridized carbons (Fsp3) is 0.300. The van der Waals surface area contributed by atoms with Crippen molar-refractivity contribution in [2.75, 3.05) is 12.1 Å².